The molecule has 27 heavy (non-hydrogen) atoms. The fourth-order valence-corrected chi connectivity index (χ4v) is 2.85. The van der Waals surface area contributed by atoms with Crippen LogP contribution < -0.4 is 10.6 Å². The molecule has 2 rings (SSSR count). The van der Waals surface area contributed by atoms with Gasteiger partial charge in [-0.3, -0.25) is 4.99 Å². The maximum atomic E-state index is 13.5. The summed E-state index contributed by atoms with van der Waals surface area (Å²) in [6, 6.07) is 6.72. The third-order valence-electron chi connectivity index (χ3n) is 4.45. The average Bonchev–Trinajstić information content (AvgIpc) is 3.13. The minimum Gasteiger partial charge on any atom is -0.377 e. The van der Waals surface area contributed by atoms with Crippen LogP contribution in [0.2, 0.25) is 0 Å². The highest BCUT2D eigenvalue weighted by molar-refractivity contribution is 14.0. The Morgan fingerprint density at radius 3 is 2.85 bits per heavy atom. The summed E-state index contributed by atoms with van der Waals surface area (Å²) >= 11 is 0. The molecule has 1 aromatic carbocycles. The SMILES string of the molecule is CCNC(=NCC(C)(C)c1cccc(F)c1)NCCOCC1CCCO1.I. The highest BCUT2D eigenvalue weighted by atomic mass is 127. The maximum Gasteiger partial charge on any atom is 0.191 e. The number of nitrogens with one attached hydrogen (secondary N) is 2. The van der Waals surface area contributed by atoms with Gasteiger partial charge in [0.05, 0.1) is 25.9 Å². The molecule has 1 saturated heterocycles. The molecule has 0 bridgehead atoms. The Hall–Kier alpha value is -0.930. The molecule has 0 aromatic heterocycles. The molecule has 154 valence electrons. The van der Waals surface area contributed by atoms with E-state index in [1.807, 2.05) is 13.0 Å². The fourth-order valence-electron chi connectivity index (χ4n) is 2.85. The Kier molecular flexibility index (Phi) is 11.2. The molecule has 1 fully saturated rings. The molecule has 0 amide bonds. The highest BCUT2D eigenvalue weighted by Crippen LogP contribution is 2.24. The smallest absolute Gasteiger partial charge is 0.191 e. The molecule has 1 aliphatic heterocycles. The lowest BCUT2D eigenvalue weighted by Crippen LogP contribution is -2.40. The van der Waals surface area contributed by atoms with Crippen molar-refractivity contribution in [3.05, 3.63) is 35.6 Å². The van der Waals surface area contributed by atoms with E-state index in [2.05, 4.69) is 29.5 Å². The van der Waals surface area contributed by atoms with Crippen molar-refractivity contribution in [2.75, 3.05) is 39.5 Å². The molecule has 1 unspecified atom stereocenters. The zero-order valence-corrected chi connectivity index (χ0v) is 18.9. The van der Waals surface area contributed by atoms with Crippen LogP contribution in [0.4, 0.5) is 4.39 Å². The first kappa shape index (κ1) is 24.1. The molecule has 1 aromatic rings. The van der Waals surface area contributed by atoms with Gasteiger partial charge in [-0.15, -0.1) is 24.0 Å². The summed E-state index contributed by atoms with van der Waals surface area (Å²) in [5.41, 5.74) is 0.692. The van der Waals surface area contributed by atoms with Gasteiger partial charge in [0.25, 0.3) is 0 Å². The first-order valence-electron chi connectivity index (χ1n) is 9.49. The van der Waals surface area contributed by atoms with Crippen LogP contribution in [0.5, 0.6) is 0 Å². The molecule has 1 heterocycles. The molecule has 0 radical (unpaired) electrons. The number of benzene rings is 1. The minimum absolute atomic E-state index is 0. The van der Waals surface area contributed by atoms with E-state index in [1.54, 1.807) is 12.1 Å². The summed E-state index contributed by atoms with van der Waals surface area (Å²) in [5, 5.41) is 6.52. The van der Waals surface area contributed by atoms with Crippen LogP contribution in [0.3, 0.4) is 0 Å². The van der Waals surface area contributed by atoms with Crippen molar-refractivity contribution in [3.63, 3.8) is 0 Å². The summed E-state index contributed by atoms with van der Waals surface area (Å²) < 4.78 is 24.7. The van der Waals surface area contributed by atoms with Crippen molar-refractivity contribution < 1.29 is 13.9 Å². The third-order valence-corrected chi connectivity index (χ3v) is 4.45. The largest absolute Gasteiger partial charge is 0.377 e. The number of halogens is 2. The van der Waals surface area contributed by atoms with Crippen LogP contribution in [0.15, 0.2) is 29.3 Å². The topological polar surface area (TPSA) is 54.9 Å². The first-order valence-corrected chi connectivity index (χ1v) is 9.49. The van der Waals surface area contributed by atoms with Crippen molar-refractivity contribution in [1.29, 1.82) is 0 Å². The lowest BCUT2D eigenvalue weighted by Gasteiger charge is -2.24. The number of ether oxygens (including phenoxy) is 2. The molecule has 7 heteroatoms. The van der Waals surface area contributed by atoms with E-state index in [-0.39, 0.29) is 41.3 Å². The molecule has 2 N–H and O–H groups in total. The summed E-state index contributed by atoms with van der Waals surface area (Å²) in [4.78, 5) is 4.66. The number of hydrogen-bond acceptors (Lipinski definition) is 3. The summed E-state index contributed by atoms with van der Waals surface area (Å²) in [6.07, 6.45) is 2.47. The monoisotopic (exact) mass is 493 g/mol. The predicted molar refractivity (Wildman–Crippen MR) is 119 cm³/mol. The number of rotatable bonds is 9. The molecular weight excluding hydrogens is 460 g/mol. The van der Waals surface area contributed by atoms with Gasteiger partial charge in [-0.25, -0.2) is 4.39 Å². The van der Waals surface area contributed by atoms with E-state index >= 15 is 0 Å². The van der Waals surface area contributed by atoms with Crippen LogP contribution in [-0.4, -0.2) is 51.5 Å². The van der Waals surface area contributed by atoms with Crippen LogP contribution >= 0.6 is 24.0 Å². The second-order valence-electron chi connectivity index (χ2n) is 7.23. The third kappa shape index (κ3) is 8.74. The van der Waals surface area contributed by atoms with Crippen molar-refractivity contribution in [2.45, 2.75) is 45.1 Å². The van der Waals surface area contributed by atoms with E-state index in [9.17, 15) is 4.39 Å². The molecule has 1 atom stereocenters. The van der Waals surface area contributed by atoms with Crippen LogP contribution in [-0.2, 0) is 14.9 Å². The van der Waals surface area contributed by atoms with E-state index in [0.29, 0.717) is 26.3 Å². The van der Waals surface area contributed by atoms with Crippen LogP contribution in [0.25, 0.3) is 0 Å². The second kappa shape index (κ2) is 12.5. The van der Waals surface area contributed by atoms with Gasteiger partial charge in [0.15, 0.2) is 5.96 Å². The van der Waals surface area contributed by atoms with Crippen molar-refractivity contribution >= 4 is 29.9 Å². The average molecular weight is 493 g/mol. The quantitative estimate of drug-likeness (QED) is 0.240. The molecule has 0 spiro atoms. The molecule has 1 aliphatic rings. The van der Waals surface area contributed by atoms with Gasteiger partial charge >= 0.3 is 0 Å². The fraction of sp³-hybridized carbons (Fsp3) is 0.650. The zero-order chi connectivity index (χ0) is 18.8. The van der Waals surface area contributed by atoms with Gasteiger partial charge in [0.2, 0.25) is 0 Å². The lowest BCUT2D eigenvalue weighted by atomic mass is 9.85. The van der Waals surface area contributed by atoms with Gasteiger partial charge < -0.3 is 20.1 Å². The molecule has 0 saturated carbocycles. The van der Waals surface area contributed by atoms with E-state index < -0.39 is 0 Å². The Morgan fingerprint density at radius 2 is 2.19 bits per heavy atom. The van der Waals surface area contributed by atoms with Crippen LogP contribution in [0, 0.1) is 5.82 Å². The number of aliphatic imine (C=N–C) groups is 1. The van der Waals surface area contributed by atoms with Crippen molar-refractivity contribution in [2.24, 2.45) is 4.99 Å². The summed E-state index contributed by atoms with van der Waals surface area (Å²) in [7, 11) is 0. The Morgan fingerprint density at radius 1 is 1.37 bits per heavy atom. The Bertz CT molecular complexity index is 578. The summed E-state index contributed by atoms with van der Waals surface area (Å²) in [6.45, 7) is 10.3. The normalized spacial score (nSPS) is 17.5. The minimum atomic E-state index is -0.249. The maximum absolute atomic E-state index is 13.5. The van der Waals surface area contributed by atoms with Gasteiger partial charge in [0.1, 0.15) is 5.82 Å². The number of hydrogen-bond donors (Lipinski definition) is 2. The Balaban J connectivity index is 0.00000364. The molecule has 0 aliphatic carbocycles. The van der Waals surface area contributed by atoms with E-state index in [0.717, 1.165) is 37.5 Å². The van der Waals surface area contributed by atoms with Crippen LogP contribution in [0.1, 0.15) is 39.2 Å². The standard InChI is InChI=1S/C20H32FN3O2.HI/c1-4-22-19(23-10-12-25-14-18-9-6-11-26-18)24-15-20(2,3)16-7-5-8-17(21)13-16;/h5,7-8,13,18H,4,6,9-12,14-15H2,1-3H3,(H2,22,23,24);1H. The zero-order valence-electron chi connectivity index (χ0n) is 16.6. The molecular formula is C20H33FIN3O2. The van der Waals surface area contributed by atoms with Gasteiger partial charge in [-0.2, -0.15) is 0 Å². The van der Waals surface area contributed by atoms with Crippen molar-refractivity contribution in [3.8, 4) is 0 Å². The summed E-state index contributed by atoms with van der Waals surface area (Å²) in [5.74, 6) is 0.533. The van der Waals surface area contributed by atoms with Gasteiger partial charge in [-0.1, -0.05) is 26.0 Å². The molecule has 5 nitrogen and oxygen atoms in total. The first-order chi connectivity index (χ1) is 12.5. The number of nitrogens with zero attached hydrogens (tertiary/aromatic N) is 1. The predicted octanol–water partition coefficient (Wildman–Crippen LogP) is 3.47. The highest BCUT2D eigenvalue weighted by Gasteiger charge is 2.21. The Labute approximate surface area is 179 Å². The van der Waals surface area contributed by atoms with E-state index in [1.165, 1.54) is 6.07 Å². The van der Waals surface area contributed by atoms with E-state index in [4.69, 9.17) is 9.47 Å². The van der Waals surface area contributed by atoms with Gasteiger partial charge in [-0.05, 0) is 37.5 Å². The van der Waals surface area contributed by atoms with Gasteiger partial charge in [0, 0.05) is 25.1 Å². The number of guanidine groups is 1. The lowest BCUT2D eigenvalue weighted by molar-refractivity contribution is 0.0191. The second-order valence-corrected chi connectivity index (χ2v) is 7.23. The van der Waals surface area contributed by atoms with Crippen molar-refractivity contribution in [1.82, 2.24) is 10.6 Å².